The van der Waals surface area contributed by atoms with Crippen LogP contribution in [0.3, 0.4) is 0 Å². The first-order valence-corrected chi connectivity index (χ1v) is 13.7. The molecule has 34 heavy (non-hydrogen) atoms. The maximum absolute atomic E-state index is 11.8. The summed E-state index contributed by atoms with van der Waals surface area (Å²) < 4.78 is 16.0. The van der Waals surface area contributed by atoms with Gasteiger partial charge in [-0.05, 0) is 31.4 Å². The molecular weight excluding hydrogens is 452 g/mol. The van der Waals surface area contributed by atoms with Gasteiger partial charge in [0.1, 0.15) is 19.0 Å². The molecule has 0 aliphatic rings. The first kappa shape index (κ1) is 30.3. The van der Waals surface area contributed by atoms with E-state index in [4.69, 9.17) is 25.8 Å². The van der Waals surface area contributed by atoms with Gasteiger partial charge in [0.05, 0.1) is 11.6 Å². The highest BCUT2D eigenvalue weighted by atomic mass is 35.5. The molecule has 1 aromatic carbocycles. The second kappa shape index (κ2) is 21.8. The van der Waals surface area contributed by atoms with Gasteiger partial charge < -0.3 is 14.2 Å². The topological polar surface area (TPSA) is 61.8 Å². The van der Waals surface area contributed by atoms with Gasteiger partial charge in [0.25, 0.3) is 0 Å². The number of rotatable bonds is 22. The lowest BCUT2D eigenvalue weighted by Crippen LogP contribution is -2.12. The quantitative estimate of drug-likeness (QED) is 0.120. The highest BCUT2D eigenvalue weighted by molar-refractivity contribution is 6.32. The minimum absolute atomic E-state index is 0.0655. The van der Waals surface area contributed by atoms with Gasteiger partial charge in [-0.25, -0.2) is 0 Å². The van der Waals surface area contributed by atoms with E-state index in [9.17, 15) is 9.59 Å². The van der Waals surface area contributed by atoms with Gasteiger partial charge in [-0.2, -0.15) is 0 Å². The Labute approximate surface area is 211 Å². The third-order valence-electron chi connectivity index (χ3n) is 5.71. The highest BCUT2D eigenvalue weighted by Gasteiger charge is 2.05. The molecule has 5 nitrogen and oxygen atoms in total. The number of ether oxygens (including phenoxy) is 3. The summed E-state index contributed by atoms with van der Waals surface area (Å²) in [7, 11) is 0. The summed E-state index contributed by atoms with van der Waals surface area (Å²) >= 11 is 6.01. The van der Waals surface area contributed by atoms with Crippen LogP contribution < -0.4 is 4.74 Å². The fourth-order valence-electron chi connectivity index (χ4n) is 3.68. The molecule has 0 N–H and O–H groups in total. The zero-order valence-electron chi connectivity index (χ0n) is 21.2. The van der Waals surface area contributed by atoms with Crippen LogP contribution in [0.15, 0.2) is 24.3 Å². The van der Waals surface area contributed by atoms with Crippen molar-refractivity contribution in [3.05, 3.63) is 29.3 Å². The fraction of sp³-hybridized carbons (Fsp3) is 0.714. The van der Waals surface area contributed by atoms with Crippen molar-refractivity contribution in [2.75, 3.05) is 19.8 Å². The molecule has 6 heteroatoms. The Morgan fingerprint density at radius 1 is 0.647 bits per heavy atom. The van der Waals surface area contributed by atoms with Crippen molar-refractivity contribution in [2.24, 2.45) is 0 Å². The molecule has 0 heterocycles. The Kier molecular flexibility index (Phi) is 19.4. The third kappa shape index (κ3) is 17.7. The van der Waals surface area contributed by atoms with E-state index in [0.717, 1.165) is 51.4 Å². The van der Waals surface area contributed by atoms with E-state index in [2.05, 4.69) is 6.92 Å². The molecule has 0 amide bonds. The number of esters is 2. The maximum Gasteiger partial charge on any atom is 0.305 e. The predicted molar refractivity (Wildman–Crippen MR) is 138 cm³/mol. The monoisotopic (exact) mass is 496 g/mol. The average Bonchev–Trinajstić information content (AvgIpc) is 2.83. The van der Waals surface area contributed by atoms with Crippen LogP contribution >= 0.6 is 11.6 Å². The van der Waals surface area contributed by atoms with Crippen molar-refractivity contribution in [3.63, 3.8) is 0 Å². The number of unbranched alkanes of at least 4 members (excludes halogenated alkanes) is 12. The van der Waals surface area contributed by atoms with E-state index in [0.29, 0.717) is 30.2 Å². The number of benzene rings is 1. The molecule has 0 saturated heterocycles. The zero-order valence-corrected chi connectivity index (χ0v) is 21.9. The summed E-state index contributed by atoms with van der Waals surface area (Å²) in [5.41, 5.74) is 0. The number of carbonyl (C=O) groups excluding carboxylic acids is 2. The Morgan fingerprint density at radius 2 is 1.15 bits per heavy atom. The third-order valence-corrected chi connectivity index (χ3v) is 6.03. The normalized spacial score (nSPS) is 10.8. The van der Waals surface area contributed by atoms with Gasteiger partial charge in [0.15, 0.2) is 0 Å². The van der Waals surface area contributed by atoms with Gasteiger partial charge in [0, 0.05) is 12.8 Å². The van der Waals surface area contributed by atoms with E-state index < -0.39 is 0 Å². The Balaban J connectivity index is 1.82. The smallest absolute Gasteiger partial charge is 0.305 e. The van der Waals surface area contributed by atoms with Crippen molar-refractivity contribution in [3.8, 4) is 5.75 Å². The van der Waals surface area contributed by atoms with Gasteiger partial charge >= 0.3 is 11.9 Å². The largest absolute Gasteiger partial charge is 0.488 e. The highest BCUT2D eigenvalue weighted by Crippen LogP contribution is 2.22. The Hall–Kier alpha value is -1.75. The Morgan fingerprint density at radius 3 is 1.74 bits per heavy atom. The minimum Gasteiger partial charge on any atom is -0.488 e. The van der Waals surface area contributed by atoms with Crippen LogP contribution in [0.4, 0.5) is 0 Å². The average molecular weight is 497 g/mol. The van der Waals surface area contributed by atoms with Crippen LogP contribution in [0.25, 0.3) is 0 Å². The summed E-state index contributed by atoms with van der Waals surface area (Å²) in [6, 6.07) is 7.22. The van der Waals surface area contributed by atoms with Crippen LogP contribution in [0, 0.1) is 0 Å². The van der Waals surface area contributed by atoms with Gasteiger partial charge in [-0.15, -0.1) is 0 Å². The van der Waals surface area contributed by atoms with Crippen molar-refractivity contribution < 1.29 is 23.8 Å². The fourth-order valence-corrected chi connectivity index (χ4v) is 3.87. The molecule has 0 aliphatic carbocycles. The van der Waals surface area contributed by atoms with E-state index >= 15 is 0 Å². The van der Waals surface area contributed by atoms with Crippen molar-refractivity contribution in [1.29, 1.82) is 0 Å². The summed E-state index contributed by atoms with van der Waals surface area (Å²) in [5.74, 6) is 0.336. The van der Waals surface area contributed by atoms with Crippen molar-refractivity contribution >= 4 is 23.5 Å². The molecule has 1 rings (SSSR count). The van der Waals surface area contributed by atoms with Crippen LogP contribution in [0.2, 0.25) is 5.02 Å². The van der Waals surface area contributed by atoms with E-state index in [1.807, 2.05) is 12.1 Å². The molecule has 0 atom stereocenters. The molecule has 0 radical (unpaired) electrons. The molecule has 0 aromatic heterocycles. The van der Waals surface area contributed by atoms with Crippen LogP contribution in [0.1, 0.15) is 110 Å². The minimum atomic E-state index is -0.193. The van der Waals surface area contributed by atoms with Crippen LogP contribution in [0.5, 0.6) is 5.75 Å². The van der Waals surface area contributed by atoms with Crippen LogP contribution in [-0.4, -0.2) is 31.8 Å². The molecule has 0 unspecified atom stereocenters. The van der Waals surface area contributed by atoms with Crippen molar-refractivity contribution in [2.45, 2.75) is 110 Å². The second-order valence-corrected chi connectivity index (χ2v) is 9.22. The lowest BCUT2D eigenvalue weighted by atomic mass is 10.1. The molecule has 0 bridgehead atoms. The van der Waals surface area contributed by atoms with Gasteiger partial charge in [-0.3, -0.25) is 9.59 Å². The molecule has 1 aromatic rings. The van der Waals surface area contributed by atoms with Gasteiger partial charge in [-0.1, -0.05) is 101 Å². The molecule has 0 fully saturated rings. The second-order valence-electron chi connectivity index (χ2n) is 8.82. The van der Waals surface area contributed by atoms with Crippen LogP contribution in [-0.2, 0) is 19.1 Å². The number of para-hydroxylation sites is 1. The number of hydrogen-bond donors (Lipinski definition) is 0. The first-order chi connectivity index (χ1) is 16.6. The molecular formula is C28H45ClO5. The zero-order chi connectivity index (χ0) is 24.7. The summed E-state index contributed by atoms with van der Waals surface area (Å²) in [6.07, 6.45) is 16.8. The SMILES string of the molecule is CCCCCCCCCCOC(=O)CCCCCCCCC(=O)OCCOc1ccccc1Cl. The predicted octanol–water partition coefficient (Wildman–Crippen LogP) is 8.07. The number of halogens is 1. The standard InChI is InChI=1S/C28H45ClO5/c1-2-3-4-5-6-9-12-17-22-33-27(30)20-13-10-7-8-11-14-21-28(31)34-24-23-32-26-19-16-15-18-25(26)29/h15-16,18-19H,2-14,17,20-24H2,1H3. The van der Waals surface area contributed by atoms with E-state index in [1.165, 1.54) is 38.5 Å². The number of hydrogen-bond acceptors (Lipinski definition) is 5. The molecule has 194 valence electrons. The molecule has 0 spiro atoms. The lowest BCUT2D eigenvalue weighted by molar-refractivity contribution is -0.145. The maximum atomic E-state index is 11.8. The van der Waals surface area contributed by atoms with E-state index in [-0.39, 0.29) is 25.2 Å². The summed E-state index contributed by atoms with van der Waals surface area (Å²) in [6.45, 7) is 3.31. The molecule has 0 aliphatic heterocycles. The van der Waals surface area contributed by atoms with Crippen molar-refractivity contribution in [1.82, 2.24) is 0 Å². The molecule has 0 saturated carbocycles. The Bertz CT molecular complexity index is 649. The summed E-state index contributed by atoms with van der Waals surface area (Å²) in [4.78, 5) is 23.6. The van der Waals surface area contributed by atoms with Gasteiger partial charge in [0.2, 0.25) is 0 Å². The lowest BCUT2D eigenvalue weighted by Gasteiger charge is -2.08. The summed E-state index contributed by atoms with van der Waals surface area (Å²) in [5, 5.41) is 0.546. The number of carbonyl (C=O) groups is 2. The first-order valence-electron chi connectivity index (χ1n) is 13.3. The van der Waals surface area contributed by atoms with E-state index in [1.54, 1.807) is 12.1 Å².